The highest BCUT2D eigenvalue weighted by Crippen LogP contribution is 2.18. The first-order chi connectivity index (χ1) is 8.31. The number of nitrogens with zero attached hydrogens (tertiary/aromatic N) is 1. The van der Waals surface area contributed by atoms with Crippen LogP contribution in [0.25, 0.3) is 0 Å². The van der Waals surface area contributed by atoms with Crippen molar-refractivity contribution in [3.8, 4) is 5.88 Å². The molecule has 0 amide bonds. The van der Waals surface area contributed by atoms with E-state index in [0.29, 0.717) is 11.4 Å². The van der Waals surface area contributed by atoms with Crippen LogP contribution in [-0.4, -0.2) is 37.3 Å². The zero-order valence-corrected chi connectivity index (χ0v) is 9.81. The lowest BCUT2D eigenvalue weighted by molar-refractivity contribution is 0.0589. The lowest BCUT2D eigenvalue weighted by Gasteiger charge is -2.23. The van der Waals surface area contributed by atoms with Gasteiger partial charge >= 0.3 is 5.97 Å². The van der Waals surface area contributed by atoms with Crippen molar-refractivity contribution < 1.29 is 14.3 Å². The van der Waals surface area contributed by atoms with E-state index in [4.69, 9.17) is 9.47 Å². The molecule has 5 heteroatoms. The number of pyridine rings is 1. The van der Waals surface area contributed by atoms with E-state index in [1.54, 1.807) is 18.3 Å². The summed E-state index contributed by atoms with van der Waals surface area (Å²) < 4.78 is 10.4. The van der Waals surface area contributed by atoms with Crippen molar-refractivity contribution in [3.63, 3.8) is 0 Å². The minimum atomic E-state index is -0.420. The summed E-state index contributed by atoms with van der Waals surface area (Å²) in [6, 6.07) is 3.35. The Labute approximate surface area is 100 Å². The van der Waals surface area contributed by atoms with Gasteiger partial charge in [0.05, 0.1) is 7.11 Å². The van der Waals surface area contributed by atoms with Crippen molar-refractivity contribution in [2.75, 3.05) is 20.2 Å². The Hall–Kier alpha value is -1.62. The van der Waals surface area contributed by atoms with E-state index < -0.39 is 5.97 Å². The molecule has 0 radical (unpaired) electrons. The van der Waals surface area contributed by atoms with Crippen LogP contribution in [0.2, 0.25) is 0 Å². The summed E-state index contributed by atoms with van der Waals surface area (Å²) in [6.45, 7) is 1.81. The van der Waals surface area contributed by atoms with E-state index >= 15 is 0 Å². The molecule has 1 saturated heterocycles. The molecule has 17 heavy (non-hydrogen) atoms. The van der Waals surface area contributed by atoms with Gasteiger partial charge in [-0.05, 0) is 31.5 Å². The molecule has 0 aliphatic carbocycles. The van der Waals surface area contributed by atoms with Gasteiger partial charge in [0.25, 0.3) is 0 Å². The lowest BCUT2D eigenvalue weighted by Crippen LogP contribution is -2.37. The Morgan fingerprint density at radius 2 is 2.47 bits per heavy atom. The van der Waals surface area contributed by atoms with Gasteiger partial charge in [0.15, 0.2) is 0 Å². The third-order valence-corrected chi connectivity index (χ3v) is 2.71. The molecule has 2 rings (SSSR count). The molecule has 1 N–H and O–H groups in total. The van der Waals surface area contributed by atoms with E-state index in [2.05, 4.69) is 10.3 Å². The molecule has 1 aliphatic heterocycles. The van der Waals surface area contributed by atoms with Crippen molar-refractivity contribution in [1.29, 1.82) is 0 Å². The molecule has 1 aliphatic rings. The molecule has 1 aromatic rings. The first-order valence-corrected chi connectivity index (χ1v) is 5.72. The SMILES string of the molecule is COC(=O)c1cccnc1OC1CCCNC1. The van der Waals surface area contributed by atoms with Crippen molar-refractivity contribution in [2.45, 2.75) is 18.9 Å². The Kier molecular flexibility index (Phi) is 3.93. The van der Waals surface area contributed by atoms with E-state index in [1.807, 2.05) is 0 Å². The third kappa shape index (κ3) is 2.94. The molecule has 0 saturated carbocycles. The standard InChI is InChI=1S/C12H16N2O3/c1-16-12(15)10-5-3-7-14-11(10)17-9-4-2-6-13-8-9/h3,5,7,9,13H,2,4,6,8H2,1H3. The number of aromatic nitrogens is 1. The second-order valence-corrected chi connectivity index (χ2v) is 3.93. The number of hydrogen-bond acceptors (Lipinski definition) is 5. The van der Waals surface area contributed by atoms with Crippen molar-refractivity contribution >= 4 is 5.97 Å². The highest BCUT2D eigenvalue weighted by Gasteiger charge is 2.19. The van der Waals surface area contributed by atoms with E-state index in [9.17, 15) is 4.79 Å². The first kappa shape index (κ1) is 11.9. The number of rotatable bonds is 3. The second-order valence-electron chi connectivity index (χ2n) is 3.93. The summed E-state index contributed by atoms with van der Waals surface area (Å²) in [4.78, 5) is 15.6. The minimum Gasteiger partial charge on any atom is -0.472 e. The fourth-order valence-corrected chi connectivity index (χ4v) is 1.83. The molecular weight excluding hydrogens is 220 g/mol. The van der Waals surface area contributed by atoms with Gasteiger partial charge in [0.2, 0.25) is 5.88 Å². The van der Waals surface area contributed by atoms with Crippen LogP contribution in [0.4, 0.5) is 0 Å². The molecular formula is C12H16N2O3. The van der Waals surface area contributed by atoms with Crippen LogP contribution in [-0.2, 0) is 4.74 Å². The normalized spacial score (nSPS) is 19.7. The van der Waals surface area contributed by atoms with Gasteiger partial charge in [0.1, 0.15) is 11.7 Å². The number of carbonyl (C=O) groups is 1. The van der Waals surface area contributed by atoms with Crippen LogP contribution in [0.3, 0.4) is 0 Å². The zero-order valence-electron chi connectivity index (χ0n) is 9.81. The van der Waals surface area contributed by atoms with Gasteiger partial charge in [0, 0.05) is 12.7 Å². The van der Waals surface area contributed by atoms with Crippen LogP contribution in [0.15, 0.2) is 18.3 Å². The second kappa shape index (κ2) is 5.63. The van der Waals surface area contributed by atoms with Gasteiger partial charge in [-0.1, -0.05) is 0 Å². The summed E-state index contributed by atoms with van der Waals surface area (Å²) in [7, 11) is 1.35. The Morgan fingerprint density at radius 1 is 1.59 bits per heavy atom. The minimum absolute atomic E-state index is 0.0713. The number of ether oxygens (including phenoxy) is 2. The van der Waals surface area contributed by atoms with Crippen LogP contribution in [0, 0.1) is 0 Å². The number of nitrogens with one attached hydrogen (secondary N) is 1. The van der Waals surface area contributed by atoms with E-state index in [-0.39, 0.29) is 6.10 Å². The molecule has 1 fully saturated rings. The van der Waals surface area contributed by atoms with Crippen LogP contribution in [0.1, 0.15) is 23.2 Å². The molecule has 0 aromatic carbocycles. The molecule has 1 unspecified atom stereocenters. The lowest BCUT2D eigenvalue weighted by atomic mass is 10.1. The Morgan fingerprint density at radius 3 is 3.18 bits per heavy atom. The summed E-state index contributed by atoms with van der Waals surface area (Å²) in [5.74, 6) is -0.0649. The Balaban J connectivity index is 2.11. The molecule has 0 bridgehead atoms. The molecule has 1 aromatic heterocycles. The van der Waals surface area contributed by atoms with Gasteiger partial charge in [-0.3, -0.25) is 0 Å². The smallest absolute Gasteiger partial charge is 0.343 e. The first-order valence-electron chi connectivity index (χ1n) is 5.72. The maximum absolute atomic E-state index is 11.5. The highest BCUT2D eigenvalue weighted by atomic mass is 16.5. The van der Waals surface area contributed by atoms with Crippen molar-refractivity contribution in [2.24, 2.45) is 0 Å². The predicted molar refractivity (Wildman–Crippen MR) is 62.1 cm³/mol. The topological polar surface area (TPSA) is 60.5 Å². The summed E-state index contributed by atoms with van der Waals surface area (Å²) in [5, 5.41) is 3.25. The monoisotopic (exact) mass is 236 g/mol. The summed E-state index contributed by atoms with van der Waals surface area (Å²) in [5.41, 5.74) is 0.376. The van der Waals surface area contributed by atoms with Crippen LogP contribution < -0.4 is 10.1 Å². The third-order valence-electron chi connectivity index (χ3n) is 2.71. The molecule has 2 heterocycles. The van der Waals surface area contributed by atoms with Gasteiger partial charge in [-0.15, -0.1) is 0 Å². The Bertz CT molecular complexity index is 389. The molecule has 0 spiro atoms. The number of hydrogen-bond donors (Lipinski definition) is 1. The summed E-state index contributed by atoms with van der Waals surface area (Å²) in [6.07, 6.45) is 3.73. The average Bonchev–Trinajstić information content (AvgIpc) is 2.40. The number of methoxy groups -OCH3 is 1. The highest BCUT2D eigenvalue weighted by molar-refractivity contribution is 5.91. The maximum atomic E-state index is 11.5. The van der Waals surface area contributed by atoms with Gasteiger partial charge in [-0.25, -0.2) is 9.78 Å². The number of esters is 1. The quantitative estimate of drug-likeness (QED) is 0.793. The van der Waals surface area contributed by atoms with Crippen LogP contribution in [0.5, 0.6) is 5.88 Å². The average molecular weight is 236 g/mol. The van der Waals surface area contributed by atoms with Gasteiger partial charge in [-0.2, -0.15) is 0 Å². The number of piperidine rings is 1. The van der Waals surface area contributed by atoms with Crippen molar-refractivity contribution in [1.82, 2.24) is 10.3 Å². The molecule has 1 atom stereocenters. The van der Waals surface area contributed by atoms with Gasteiger partial charge < -0.3 is 14.8 Å². The van der Waals surface area contributed by atoms with E-state index in [1.165, 1.54) is 7.11 Å². The fraction of sp³-hybridized carbons (Fsp3) is 0.500. The van der Waals surface area contributed by atoms with Crippen molar-refractivity contribution in [3.05, 3.63) is 23.9 Å². The summed E-state index contributed by atoms with van der Waals surface area (Å²) >= 11 is 0. The van der Waals surface area contributed by atoms with E-state index in [0.717, 1.165) is 25.9 Å². The zero-order chi connectivity index (χ0) is 12.1. The fourth-order valence-electron chi connectivity index (χ4n) is 1.83. The maximum Gasteiger partial charge on any atom is 0.343 e. The predicted octanol–water partition coefficient (Wildman–Crippen LogP) is 0.999. The van der Waals surface area contributed by atoms with Crippen LogP contribution >= 0.6 is 0 Å². The largest absolute Gasteiger partial charge is 0.472 e. The molecule has 92 valence electrons. The number of carbonyl (C=O) groups excluding carboxylic acids is 1. The molecule has 5 nitrogen and oxygen atoms in total.